The summed E-state index contributed by atoms with van der Waals surface area (Å²) >= 11 is 5.97. The van der Waals surface area contributed by atoms with Crippen molar-refractivity contribution in [1.29, 1.82) is 0 Å². The van der Waals surface area contributed by atoms with Crippen molar-refractivity contribution >= 4 is 40.6 Å². The Morgan fingerprint density at radius 1 is 1.30 bits per heavy atom. The Bertz CT molecular complexity index is 1040. The monoisotopic (exact) mass is 427 g/mol. The lowest BCUT2D eigenvalue weighted by Gasteiger charge is -2.23. The van der Waals surface area contributed by atoms with Crippen molar-refractivity contribution in [2.75, 3.05) is 23.8 Å². The van der Waals surface area contributed by atoms with Gasteiger partial charge in [-0.1, -0.05) is 11.6 Å². The van der Waals surface area contributed by atoms with E-state index in [9.17, 15) is 9.90 Å². The second kappa shape index (κ2) is 8.68. The van der Waals surface area contributed by atoms with Gasteiger partial charge in [0.2, 0.25) is 0 Å². The van der Waals surface area contributed by atoms with Gasteiger partial charge in [-0.15, -0.1) is 0 Å². The van der Waals surface area contributed by atoms with Gasteiger partial charge in [0.1, 0.15) is 0 Å². The number of rotatable bonds is 6. The Morgan fingerprint density at radius 2 is 2.10 bits per heavy atom. The Balaban J connectivity index is 1.66. The predicted molar refractivity (Wildman–Crippen MR) is 115 cm³/mol. The largest absolute Gasteiger partial charge is 0.394 e. The summed E-state index contributed by atoms with van der Waals surface area (Å²) in [6, 6.07) is 8.71. The lowest BCUT2D eigenvalue weighted by molar-refractivity contribution is 0.0672. The fourth-order valence-electron chi connectivity index (χ4n) is 3.41. The number of aryl methyl sites for hydroxylation is 1. The van der Waals surface area contributed by atoms with Crippen LogP contribution in [0.3, 0.4) is 0 Å². The van der Waals surface area contributed by atoms with E-state index in [2.05, 4.69) is 30.8 Å². The number of H-pyrrole nitrogens is 1. The first-order valence-electron chi connectivity index (χ1n) is 9.64. The summed E-state index contributed by atoms with van der Waals surface area (Å²) in [6.07, 6.45) is 3.12. The number of benzene rings is 1. The molecule has 0 saturated carbocycles. The number of nitrogens with one attached hydrogen (secondary N) is 3. The number of aliphatic hydroxyl groups is 1. The van der Waals surface area contributed by atoms with Gasteiger partial charge in [0.25, 0.3) is 5.91 Å². The minimum Gasteiger partial charge on any atom is -0.394 e. The highest BCUT2D eigenvalue weighted by atomic mass is 35.5. The maximum atomic E-state index is 13.2. The number of aliphatic hydroxyl groups excluding tert-OH is 1. The Morgan fingerprint density at radius 3 is 2.80 bits per heavy atom. The van der Waals surface area contributed by atoms with Crippen molar-refractivity contribution in [2.45, 2.75) is 25.8 Å². The molecular weight excluding hydrogens is 406 g/mol. The van der Waals surface area contributed by atoms with Gasteiger partial charge < -0.3 is 20.6 Å². The summed E-state index contributed by atoms with van der Waals surface area (Å²) in [5, 5.41) is 23.4. The zero-order chi connectivity index (χ0) is 21.1. The smallest absolute Gasteiger partial charge is 0.276 e. The molecule has 1 amide bonds. The van der Waals surface area contributed by atoms with Crippen molar-refractivity contribution in [1.82, 2.24) is 25.1 Å². The number of carbonyl (C=O) groups is 1. The van der Waals surface area contributed by atoms with Gasteiger partial charge >= 0.3 is 0 Å². The van der Waals surface area contributed by atoms with E-state index in [1.165, 1.54) is 6.20 Å². The Labute approximate surface area is 178 Å². The molecule has 30 heavy (non-hydrogen) atoms. The number of hydrogen-bond donors (Lipinski definition) is 4. The molecule has 156 valence electrons. The SMILES string of the molecule is Cc1cc(Nc2cnc(C(=O)N3CCC[C@H]3CO)c(Nc3ccc(Cl)cc3)n2)n[nH]1. The van der Waals surface area contributed by atoms with Crippen molar-refractivity contribution < 1.29 is 9.90 Å². The highest BCUT2D eigenvalue weighted by molar-refractivity contribution is 6.30. The van der Waals surface area contributed by atoms with E-state index in [-0.39, 0.29) is 24.2 Å². The number of amides is 1. The molecule has 4 rings (SSSR count). The van der Waals surface area contributed by atoms with Gasteiger partial charge in [0.15, 0.2) is 23.1 Å². The zero-order valence-corrected chi connectivity index (χ0v) is 17.1. The van der Waals surface area contributed by atoms with Crippen LogP contribution in [0.2, 0.25) is 5.02 Å². The number of hydrogen-bond acceptors (Lipinski definition) is 7. The Hall–Kier alpha value is -3.17. The third-order valence-electron chi connectivity index (χ3n) is 4.89. The van der Waals surface area contributed by atoms with Gasteiger partial charge in [0, 0.05) is 29.0 Å². The standard InChI is InChI=1S/C20H22ClN7O2/c1-12-9-16(27-26-12)24-17-10-22-18(20(30)28-8-2-3-15(28)11-29)19(25-17)23-14-6-4-13(21)5-7-14/h4-7,9-10,15,29H,2-3,8,11H2,1H3,(H3,23,24,25,26,27)/t15-/m0/s1. The van der Waals surface area contributed by atoms with Crippen molar-refractivity contribution in [3.8, 4) is 0 Å². The topological polar surface area (TPSA) is 119 Å². The predicted octanol–water partition coefficient (Wildman–Crippen LogP) is 3.25. The third-order valence-corrected chi connectivity index (χ3v) is 5.14. The van der Waals surface area contributed by atoms with Crippen molar-refractivity contribution in [3.05, 3.63) is 52.9 Å². The molecule has 3 aromatic rings. The molecular formula is C20H22ClN7O2. The van der Waals surface area contributed by atoms with Crippen LogP contribution in [0.5, 0.6) is 0 Å². The molecule has 1 aromatic carbocycles. The van der Waals surface area contributed by atoms with Gasteiger partial charge in [-0.25, -0.2) is 9.97 Å². The minimum atomic E-state index is -0.266. The number of carbonyl (C=O) groups excluding carboxylic acids is 1. The van der Waals surface area contributed by atoms with Crippen LogP contribution in [0.25, 0.3) is 0 Å². The van der Waals surface area contributed by atoms with E-state index >= 15 is 0 Å². The normalized spacial score (nSPS) is 16.0. The van der Waals surface area contributed by atoms with Crippen LogP contribution in [0, 0.1) is 6.92 Å². The van der Waals surface area contributed by atoms with Crippen LogP contribution in [0.1, 0.15) is 29.0 Å². The molecule has 1 aliphatic heterocycles. The fraction of sp³-hybridized carbons (Fsp3) is 0.300. The van der Waals surface area contributed by atoms with Gasteiger partial charge in [-0.05, 0) is 44.0 Å². The number of halogens is 1. The summed E-state index contributed by atoms with van der Waals surface area (Å²) in [5.74, 6) is 1.08. The van der Waals surface area contributed by atoms with Crippen molar-refractivity contribution in [3.63, 3.8) is 0 Å². The van der Waals surface area contributed by atoms with Crippen LogP contribution in [-0.2, 0) is 0 Å². The summed E-state index contributed by atoms with van der Waals surface area (Å²) in [4.78, 5) is 23.8. The second-order valence-electron chi connectivity index (χ2n) is 7.12. The molecule has 1 aliphatic rings. The van der Waals surface area contributed by atoms with Gasteiger partial charge in [-0.3, -0.25) is 9.89 Å². The van der Waals surface area contributed by atoms with E-state index in [1.807, 2.05) is 13.0 Å². The first-order valence-corrected chi connectivity index (χ1v) is 10.0. The molecule has 4 N–H and O–H groups in total. The van der Waals surface area contributed by atoms with Crippen LogP contribution < -0.4 is 10.6 Å². The van der Waals surface area contributed by atoms with E-state index < -0.39 is 0 Å². The van der Waals surface area contributed by atoms with E-state index in [0.29, 0.717) is 29.0 Å². The molecule has 2 aromatic heterocycles. The average Bonchev–Trinajstić information content (AvgIpc) is 3.38. The quantitative estimate of drug-likeness (QED) is 0.476. The first kappa shape index (κ1) is 20.1. The maximum absolute atomic E-state index is 13.2. The number of nitrogens with zero attached hydrogens (tertiary/aromatic N) is 4. The number of anilines is 4. The van der Waals surface area contributed by atoms with E-state index in [0.717, 1.165) is 24.2 Å². The third kappa shape index (κ3) is 4.37. The van der Waals surface area contributed by atoms with Crippen LogP contribution in [0.15, 0.2) is 36.5 Å². The first-order chi connectivity index (χ1) is 14.5. The van der Waals surface area contributed by atoms with Crippen LogP contribution >= 0.6 is 11.6 Å². The Kier molecular flexibility index (Phi) is 5.82. The number of aromatic amines is 1. The van der Waals surface area contributed by atoms with Gasteiger partial charge in [-0.2, -0.15) is 5.10 Å². The summed E-state index contributed by atoms with van der Waals surface area (Å²) < 4.78 is 0. The lowest BCUT2D eigenvalue weighted by Crippen LogP contribution is -2.38. The summed E-state index contributed by atoms with van der Waals surface area (Å²) in [6.45, 7) is 2.41. The highest BCUT2D eigenvalue weighted by Crippen LogP contribution is 2.26. The van der Waals surface area contributed by atoms with E-state index in [4.69, 9.17) is 11.6 Å². The molecule has 0 radical (unpaired) electrons. The van der Waals surface area contributed by atoms with E-state index in [1.54, 1.807) is 29.2 Å². The number of aromatic nitrogens is 4. The average molecular weight is 428 g/mol. The maximum Gasteiger partial charge on any atom is 0.276 e. The molecule has 1 fully saturated rings. The molecule has 0 aliphatic carbocycles. The molecule has 0 bridgehead atoms. The number of likely N-dealkylation sites (tertiary alicyclic amines) is 1. The fourth-order valence-corrected chi connectivity index (χ4v) is 3.53. The van der Waals surface area contributed by atoms with Crippen LogP contribution in [0.4, 0.5) is 23.1 Å². The molecule has 3 heterocycles. The molecule has 1 atom stereocenters. The molecule has 1 saturated heterocycles. The second-order valence-corrected chi connectivity index (χ2v) is 7.56. The molecule has 9 nitrogen and oxygen atoms in total. The zero-order valence-electron chi connectivity index (χ0n) is 16.4. The van der Waals surface area contributed by atoms with Crippen LogP contribution in [-0.4, -0.2) is 55.3 Å². The molecule has 0 spiro atoms. The van der Waals surface area contributed by atoms with Crippen molar-refractivity contribution in [2.24, 2.45) is 0 Å². The minimum absolute atomic E-state index is 0.0722. The lowest BCUT2D eigenvalue weighted by atomic mass is 10.2. The molecule has 0 unspecified atom stereocenters. The summed E-state index contributed by atoms with van der Waals surface area (Å²) in [7, 11) is 0. The van der Waals surface area contributed by atoms with Gasteiger partial charge in [0.05, 0.1) is 18.8 Å². The molecule has 10 heteroatoms. The summed E-state index contributed by atoms with van der Waals surface area (Å²) in [5.41, 5.74) is 1.81. The highest BCUT2D eigenvalue weighted by Gasteiger charge is 2.31.